The SMILES string of the molecule is CC(C)c1noc(-c2ccnc(N3CCN(C(=O)Cc4c[nH]c5ccccc45)CC3)c2)n1. The zero-order valence-corrected chi connectivity index (χ0v) is 18.3. The van der Waals surface area contributed by atoms with Crippen molar-refractivity contribution < 1.29 is 9.32 Å². The molecule has 1 fully saturated rings. The van der Waals surface area contributed by atoms with Gasteiger partial charge in [-0.05, 0) is 23.8 Å². The van der Waals surface area contributed by atoms with E-state index in [4.69, 9.17) is 4.52 Å². The topological polar surface area (TPSA) is 91.2 Å². The number of piperazine rings is 1. The number of pyridine rings is 1. The molecule has 0 atom stereocenters. The van der Waals surface area contributed by atoms with E-state index in [2.05, 4.69) is 31.1 Å². The van der Waals surface area contributed by atoms with E-state index in [1.807, 2.05) is 55.3 Å². The summed E-state index contributed by atoms with van der Waals surface area (Å²) in [6.07, 6.45) is 4.11. The van der Waals surface area contributed by atoms with Crippen LogP contribution in [0.5, 0.6) is 0 Å². The summed E-state index contributed by atoms with van der Waals surface area (Å²) in [7, 11) is 0. The Morgan fingerprint density at radius 2 is 1.97 bits per heavy atom. The van der Waals surface area contributed by atoms with Crippen LogP contribution < -0.4 is 4.90 Å². The molecule has 0 unspecified atom stereocenters. The van der Waals surface area contributed by atoms with Crippen molar-refractivity contribution in [2.75, 3.05) is 31.1 Å². The Balaban J connectivity index is 1.23. The number of aromatic amines is 1. The van der Waals surface area contributed by atoms with Gasteiger partial charge in [-0.2, -0.15) is 4.98 Å². The number of nitrogens with one attached hydrogen (secondary N) is 1. The van der Waals surface area contributed by atoms with Crippen LogP contribution in [0.3, 0.4) is 0 Å². The first-order chi connectivity index (χ1) is 15.6. The van der Waals surface area contributed by atoms with E-state index in [1.165, 1.54) is 0 Å². The minimum atomic E-state index is 0.156. The minimum Gasteiger partial charge on any atom is -0.361 e. The van der Waals surface area contributed by atoms with E-state index in [1.54, 1.807) is 6.20 Å². The van der Waals surface area contributed by atoms with E-state index in [0.29, 0.717) is 31.2 Å². The van der Waals surface area contributed by atoms with Crippen molar-refractivity contribution in [3.05, 3.63) is 60.2 Å². The Hall–Kier alpha value is -3.68. The number of hydrogen-bond acceptors (Lipinski definition) is 6. The molecule has 3 aromatic heterocycles. The second kappa shape index (κ2) is 8.45. The lowest BCUT2D eigenvalue weighted by Gasteiger charge is -2.35. The number of carbonyl (C=O) groups is 1. The molecule has 164 valence electrons. The van der Waals surface area contributed by atoms with Crippen molar-refractivity contribution >= 4 is 22.6 Å². The van der Waals surface area contributed by atoms with Crippen LogP contribution >= 0.6 is 0 Å². The molecule has 1 aliphatic heterocycles. The van der Waals surface area contributed by atoms with Crippen LogP contribution in [0.1, 0.15) is 31.2 Å². The molecule has 1 amide bonds. The third-order valence-electron chi connectivity index (χ3n) is 5.92. The molecule has 1 saturated heterocycles. The molecular formula is C24H26N6O2. The maximum Gasteiger partial charge on any atom is 0.258 e. The highest BCUT2D eigenvalue weighted by Gasteiger charge is 2.23. The molecule has 8 heteroatoms. The molecule has 0 bridgehead atoms. The molecule has 4 aromatic rings. The fourth-order valence-corrected chi connectivity index (χ4v) is 4.05. The number of hydrogen-bond donors (Lipinski definition) is 1. The quantitative estimate of drug-likeness (QED) is 0.520. The summed E-state index contributed by atoms with van der Waals surface area (Å²) in [5.41, 5.74) is 2.96. The van der Waals surface area contributed by atoms with Gasteiger partial charge in [0.15, 0.2) is 5.82 Å². The predicted octanol–water partition coefficient (Wildman–Crippen LogP) is 3.63. The summed E-state index contributed by atoms with van der Waals surface area (Å²) in [4.78, 5) is 29.3. The van der Waals surface area contributed by atoms with Crippen molar-refractivity contribution in [2.45, 2.75) is 26.2 Å². The van der Waals surface area contributed by atoms with Crippen molar-refractivity contribution in [3.8, 4) is 11.5 Å². The number of benzene rings is 1. The molecule has 0 saturated carbocycles. The minimum absolute atomic E-state index is 0.156. The third kappa shape index (κ3) is 3.95. The van der Waals surface area contributed by atoms with Crippen LogP contribution in [0, 0.1) is 0 Å². The molecule has 0 spiro atoms. The van der Waals surface area contributed by atoms with E-state index < -0.39 is 0 Å². The zero-order valence-electron chi connectivity index (χ0n) is 18.3. The maximum absolute atomic E-state index is 12.9. The number of H-pyrrole nitrogens is 1. The first-order valence-corrected chi connectivity index (χ1v) is 11.0. The average molecular weight is 431 g/mol. The van der Waals surface area contributed by atoms with Crippen LogP contribution in [-0.4, -0.2) is 57.1 Å². The molecule has 0 radical (unpaired) electrons. The van der Waals surface area contributed by atoms with Gasteiger partial charge >= 0.3 is 0 Å². The summed E-state index contributed by atoms with van der Waals surface area (Å²) in [5.74, 6) is 2.42. The van der Waals surface area contributed by atoms with Gasteiger partial charge in [0.25, 0.3) is 5.89 Å². The Kier molecular flexibility index (Phi) is 5.34. The van der Waals surface area contributed by atoms with Gasteiger partial charge in [-0.3, -0.25) is 4.79 Å². The van der Waals surface area contributed by atoms with Crippen molar-refractivity contribution in [3.63, 3.8) is 0 Å². The Morgan fingerprint density at radius 3 is 2.75 bits per heavy atom. The molecular weight excluding hydrogens is 404 g/mol. The average Bonchev–Trinajstić information content (AvgIpc) is 3.48. The lowest BCUT2D eigenvalue weighted by Crippen LogP contribution is -2.49. The fourth-order valence-electron chi connectivity index (χ4n) is 4.05. The van der Waals surface area contributed by atoms with E-state index in [-0.39, 0.29) is 11.8 Å². The normalized spacial score (nSPS) is 14.5. The molecule has 32 heavy (non-hydrogen) atoms. The number of carbonyl (C=O) groups excluding carboxylic acids is 1. The standard InChI is InChI=1S/C24H26N6O2/c1-16(2)23-27-24(32-28-23)17-7-8-25-21(13-17)29-9-11-30(12-10-29)22(31)14-18-15-26-20-6-4-3-5-19(18)20/h3-8,13,15-16,26H,9-12,14H2,1-2H3. The molecule has 5 rings (SSSR count). The Bertz CT molecular complexity index is 1240. The molecule has 0 aliphatic carbocycles. The van der Waals surface area contributed by atoms with Crippen LogP contribution in [-0.2, 0) is 11.2 Å². The molecule has 1 N–H and O–H groups in total. The number of nitrogens with zero attached hydrogens (tertiary/aromatic N) is 5. The fraction of sp³-hybridized carbons (Fsp3) is 0.333. The summed E-state index contributed by atoms with van der Waals surface area (Å²) in [5, 5.41) is 5.16. The van der Waals surface area contributed by atoms with Gasteiger partial charge in [0, 0.05) is 61.0 Å². The number of aromatic nitrogens is 4. The summed E-state index contributed by atoms with van der Waals surface area (Å²) >= 11 is 0. The predicted molar refractivity (Wildman–Crippen MR) is 122 cm³/mol. The number of para-hydroxylation sites is 1. The van der Waals surface area contributed by atoms with Gasteiger partial charge in [0.05, 0.1) is 6.42 Å². The zero-order chi connectivity index (χ0) is 22.1. The summed E-state index contributed by atoms with van der Waals surface area (Å²) in [6, 6.07) is 11.9. The van der Waals surface area contributed by atoms with Crippen molar-refractivity contribution in [1.82, 2.24) is 25.0 Å². The second-order valence-corrected chi connectivity index (χ2v) is 8.42. The van der Waals surface area contributed by atoms with Gasteiger partial charge in [-0.15, -0.1) is 0 Å². The summed E-state index contributed by atoms with van der Waals surface area (Å²) < 4.78 is 5.42. The molecule has 8 nitrogen and oxygen atoms in total. The second-order valence-electron chi connectivity index (χ2n) is 8.42. The lowest BCUT2D eigenvalue weighted by atomic mass is 10.1. The number of amides is 1. The molecule has 4 heterocycles. The van der Waals surface area contributed by atoms with Gasteiger partial charge in [-0.25, -0.2) is 4.98 Å². The highest BCUT2D eigenvalue weighted by Crippen LogP contribution is 2.24. The number of fused-ring (bicyclic) bond motifs is 1. The largest absolute Gasteiger partial charge is 0.361 e. The molecule has 1 aromatic carbocycles. The van der Waals surface area contributed by atoms with Crippen LogP contribution in [0.15, 0.2) is 53.3 Å². The summed E-state index contributed by atoms with van der Waals surface area (Å²) in [6.45, 7) is 6.88. The number of anilines is 1. The van der Waals surface area contributed by atoms with Crippen molar-refractivity contribution in [2.24, 2.45) is 0 Å². The lowest BCUT2D eigenvalue weighted by molar-refractivity contribution is -0.130. The van der Waals surface area contributed by atoms with Gasteiger partial charge in [0.1, 0.15) is 5.82 Å². The number of rotatable bonds is 5. The van der Waals surface area contributed by atoms with Crippen LogP contribution in [0.2, 0.25) is 0 Å². The van der Waals surface area contributed by atoms with Gasteiger partial charge in [0.2, 0.25) is 5.91 Å². The smallest absolute Gasteiger partial charge is 0.258 e. The van der Waals surface area contributed by atoms with Crippen LogP contribution in [0.25, 0.3) is 22.4 Å². The highest BCUT2D eigenvalue weighted by atomic mass is 16.5. The maximum atomic E-state index is 12.9. The van der Waals surface area contributed by atoms with E-state index >= 15 is 0 Å². The van der Waals surface area contributed by atoms with E-state index in [0.717, 1.165) is 40.9 Å². The van der Waals surface area contributed by atoms with E-state index in [9.17, 15) is 4.79 Å². The van der Waals surface area contributed by atoms with Gasteiger partial charge in [-0.1, -0.05) is 37.2 Å². The van der Waals surface area contributed by atoms with Gasteiger partial charge < -0.3 is 19.3 Å². The molecule has 1 aliphatic rings. The third-order valence-corrected chi connectivity index (χ3v) is 5.92. The highest BCUT2D eigenvalue weighted by molar-refractivity contribution is 5.89. The monoisotopic (exact) mass is 430 g/mol. The Morgan fingerprint density at radius 1 is 1.16 bits per heavy atom. The Labute approximate surface area is 186 Å². The first kappa shape index (κ1) is 20.2. The first-order valence-electron chi connectivity index (χ1n) is 11.0. The van der Waals surface area contributed by atoms with Crippen LogP contribution in [0.4, 0.5) is 5.82 Å². The van der Waals surface area contributed by atoms with Crippen molar-refractivity contribution in [1.29, 1.82) is 0 Å².